The molecular formula is C18H17BO3. The first-order valence-electron chi connectivity index (χ1n) is 7.19. The summed E-state index contributed by atoms with van der Waals surface area (Å²) in [6.45, 7) is 7.68. The summed E-state index contributed by atoms with van der Waals surface area (Å²) < 4.78 is 11.6. The molecule has 0 unspecified atom stereocenters. The fourth-order valence-electron chi connectivity index (χ4n) is 2.45. The molecule has 1 aliphatic rings. The predicted octanol–water partition coefficient (Wildman–Crippen LogP) is 3.20. The number of hydrogen-bond donors (Lipinski definition) is 0. The van der Waals surface area contributed by atoms with Gasteiger partial charge in [-0.2, -0.15) is 0 Å². The van der Waals surface area contributed by atoms with Crippen LogP contribution in [0.2, 0.25) is 0 Å². The Bertz CT molecular complexity index is 722. The molecule has 0 saturated carbocycles. The first-order valence-corrected chi connectivity index (χ1v) is 7.19. The summed E-state index contributed by atoms with van der Waals surface area (Å²) in [4.78, 5) is 11.3. The van der Waals surface area contributed by atoms with Crippen molar-refractivity contribution in [2.24, 2.45) is 0 Å². The van der Waals surface area contributed by atoms with Crippen molar-refractivity contribution in [2.75, 3.05) is 0 Å². The summed E-state index contributed by atoms with van der Waals surface area (Å²) >= 11 is 0. The van der Waals surface area contributed by atoms with E-state index in [-0.39, 0.29) is 0 Å². The molecule has 1 heterocycles. The minimum Gasteiger partial charge on any atom is -0.534 e. The molecule has 3 nitrogen and oxygen atoms in total. The number of carbonyl (C=O) groups excluding carboxylic acids is 1. The first-order chi connectivity index (χ1) is 10.5. The number of rotatable bonds is 3. The summed E-state index contributed by atoms with van der Waals surface area (Å²) in [5.74, 6) is 0.569. The van der Waals surface area contributed by atoms with Gasteiger partial charge in [0.15, 0.2) is 0 Å². The molecule has 1 aliphatic heterocycles. The zero-order valence-electron chi connectivity index (χ0n) is 12.7. The van der Waals surface area contributed by atoms with Gasteiger partial charge in [-0.1, -0.05) is 55.1 Å². The highest BCUT2D eigenvalue weighted by atomic mass is 16.7. The van der Waals surface area contributed by atoms with Crippen LogP contribution < -0.4 is 5.46 Å². The molecule has 4 heteroatoms. The molecule has 22 heavy (non-hydrogen) atoms. The third kappa shape index (κ3) is 2.58. The Kier molecular flexibility index (Phi) is 3.63. The van der Waals surface area contributed by atoms with Crippen molar-refractivity contribution < 1.29 is 14.1 Å². The average molecular weight is 292 g/mol. The van der Waals surface area contributed by atoms with E-state index in [1.807, 2.05) is 56.3 Å². The molecule has 0 N–H and O–H groups in total. The quantitative estimate of drug-likeness (QED) is 0.643. The van der Waals surface area contributed by atoms with E-state index in [9.17, 15) is 4.79 Å². The number of hydrogen-bond acceptors (Lipinski definition) is 3. The molecular weight excluding hydrogens is 275 g/mol. The predicted molar refractivity (Wildman–Crippen MR) is 88.0 cm³/mol. The minimum atomic E-state index is -0.605. The molecule has 3 rings (SSSR count). The molecule has 110 valence electrons. The second kappa shape index (κ2) is 5.46. The van der Waals surface area contributed by atoms with Crippen molar-refractivity contribution in [2.45, 2.75) is 19.4 Å². The minimum absolute atomic E-state index is 0.562. The van der Waals surface area contributed by atoms with Gasteiger partial charge < -0.3 is 9.31 Å². The first kappa shape index (κ1) is 14.6. The van der Waals surface area contributed by atoms with Crippen LogP contribution in [0.3, 0.4) is 0 Å². The van der Waals surface area contributed by atoms with Crippen LogP contribution in [0.5, 0.6) is 0 Å². The van der Waals surface area contributed by atoms with Crippen LogP contribution in [0.15, 0.2) is 60.9 Å². The van der Waals surface area contributed by atoms with Crippen LogP contribution >= 0.6 is 0 Å². The van der Waals surface area contributed by atoms with Gasteiger partial charge >= 0.3 is 7.12 Å². The summed E-state index contributed by atoms with van der Waals surface area (Å²) in [7, 11) is -0.605. The maximum atomic E-state index is 11.3. The molecule has 0 radical (unpaired) electrons. The van der Waals surface area contributed by atoms with Gasteiger partial charge in [-0.15, -0.1) is 0 Å². The lowest BCUT2D eigenvalue weighted by Crippen LogP contribution is -2.36. The molecule has 0 spiro atoms. The summed E-state index contributed by atoms with van der Waals surface area (Å²) in [5.41, 5.74) is 2.83. The Balaban J connectivity index is 2.03. The normalized spacial score (nSPS) is 16.5. The van der Waals surface area contributed by atoms with Crippen molar-refractivity contribution >= 4 is 18.9 Å². The van der Waals surface area contributed by atoms with Crippen LogP contribution in [0.4, 0.5) is 0 Å². The SMILES string of the molecule is C=C1OB(c2cc(-c3ccccc3)ccc2C=O)OC1(C)C. The van der Waals surface area contributed by atoms with E-state index < -0.39 is 12.7 Å². The molecule has 0 atom stereocenters. The van der Waals surface area contributed by atoms with Crippen LogP contribution in [-0.4, -0.2) is 19.0 Å². The zero-order chi connectivity index (χ0) is 15.7. The van der Waals surface area contributed by atoms with E-state index in [1.165, 1.54) is 0 Å². The van der Waals surface area contributed by atoms with E-state index in [2.05, 4.69) is 6.58 Å². The molecule has 2 aromatic carbocycles. The fraction of sp³-hybridized carbons (Fsp3) is 0.167. The molecule has 0 amide bonds. The Morgan fingerprint density at radius 2 is 1.82 bits per heavy atom. The van der Waals surface area contributed by atoms with Gasteiger partial charge in [0.25, 0.3) is 0 Å². The molecule has 0 aromatic heterocycles. The lowest BCUT2D eigenvalue weighted by molar-refractivity contribution is 0.112. The van der Waals surface area contributed by atoms with Crippen molar-refractivity contribution in [3.05, 3.63) is 66.4 Å². The molecule has 0 aliphatic carbocycles. The fourth-order valence-corrected chi connectivity index (χ4v) is 2.45. The lowest BCUT2D eigenvalue weighted by Gasteiger charge is -2.16. The topological polar surface area (TPSA) is 35.5 Å². The molecule has 1 fully saturated rings. The third-order valence-electron chi connectivity index (χ3n) is 3.90. The highest BCUT2D eigenvalue weighted by Gasteiger charge is 2.43. The Labute approximate surface area is 130 Å². The third-order valence-corrected chi connectivity index (χ3v) is 3.90. The van der Waals surface area contributed by atoms with E-state index >= 15 is 0 Å². The number of benzene rings is 2. The van der Waals surface area contributed by atoms with Crippen molar-refractivity contribution in [3.8, 4) is 11.1 Å². The summed E-state index contributed by atoms with van der Waals surface area (Å²) in [6.07, 6.45) is 0.824. The number of aldehydes is 1. The second-order valence-corrected chi connectivity index (χ2v) is 5.83. The van der Waals surface area contributed by atoms with Crippen LogP contribution in [-0.2, 0) is 9.31 Å². The van der Waals surface area contributed by atoms with Gasteiger partial charge in [0, 0.05) is 11.0 Å². The van der Waals surface area contributed by atoms with Gasteiger partial charge in [-0.05, 0) is 25.0 Å². The maximum Gasteiger partial charge on any atom is 0.564 e. The second-order valence-electron chi connectivity index (χ2n) is 5.83. The van der Waals surface area contributed by atoms with E-state index in [0.717, 1.165) is 22.9 Å². The molecule has 2 aromatic rings. The van der Waals surface area contributed by atoms with E-state index in [1.54, 1.807) is 6.07 Å². The van der Waals surface area contributed by atoms with Crippen LogP contribution in [0.1, 0.15) is 24.2 Å². The largest absolute Gasteiger partial charge is 0.564 e. The molecule has 0 bridgehead atoms. The Morgan fingerprint density at radius 3 is 2.41 bits per heavy atom. The van der Waals surface area contributed by atoms with E-state index in [0.29, 0.717) is 11.3 Å². The monoisotopic (exact) mass is 292 g/mol. The lowest BCUT2D eigenvalue weighted by atomic mass is 9.75. The Hall–Kier alpha value is -2.33. The van der Waals surface area contributed by atoms with Crippen LogP contribution in [0, 0.1) is 0 Å². The number of carbonyl (C=O) groups is 1. The van der Waals surface area contributed by atoms with Gasteiger partial charge in [0.2, 0.25) is 0 Å². The standard InChI is InChI=1S/C18H17BO3/c1-13-18(2,3)22-19(21-13)17-11-15(9-10-16(17)12-20)14-7-5-4-6-8-14/h4-12H,1H2,2-3H3. The van der Waals surface area contributed by atoms with Gasteiger partial charge in [0.05, 0.1) is 5.76 Å². The van der Waals surface area contributed by atoms with E-state index in [4.69, 9.17) is 9.31 Å². The summed E-state index contributed by atoms with van der Waals surface area (Å²) in [6, 6.07) is 15.7. The summed E-state index contributed by atoms with van der Waals surface area (Å²) in [5, 5.41) is 0. The van der Waals surface area contributed by atoms with Crippen molar-refractivity contribution in [1.82, 2.24) is 0 Å². The zero-order valence-corrected chi connectivity index (χ0v) is 12.7. The van der Waals surface area contributed by atoms with Gasteiger partial charge in [0.1, 0.15) is 11.9 Å². The highest BCUT2D eigenvalue weighted by Crippen LogP contribution is 2.30. The smallest absolute Gasteiger partial charge is 0.534 e. The average Bonchev–Trinajstić information content (AvgIpc) is 2.81. The Morgan fingerprint density at radius 1 is 1.09 bits per heavy atom. The van der Waals surface area contributed by atoms with Gasteiger partial charge in [-0.25, -0.2) is 0 Å². The maximum absolute atomic E-state index is 11.3. The van der Waals surface area contributed by atoms with Gasteiger partial charge in [-0.3, -0.25) is 4.79 Å². The van der Waals surface area contributed by atoms with Crippen molar-refractivity contribution in [3.63, 3.8) is 0 Å². The van der Waals surface area contributed by atoms with Crippen molar-refractivity contribution in [1.29, 1.82) is 0 Å². The highest BCUT2D eigenvalue weighted by molar-refractivity contribution is 6.63. The molecule has 1 saturated heterocycles. The van der Waals surface area contributed by atoms with Crippen LogP contribution in [0.25, 0.3) is 11.1 Å².